The summed E-state index contributed by atoms with van der Waals surface area (Å²) in [6.07, 6.45) is 0. The highest BCUT2D eigenvalue weighted by molar-refractivity contribution is 7.16. The molecule has 68 valence electrons. The SMILES string of the molecule is COc1cc2[nH]c(=O)sc2cc1N. The van der Waals surface area contributed by atoms with E-state index in [2.05, 4.69) is 4.98 Å². The molecule has 5 heteroatoms. The minimum atomic E-state index is -0.0809. The lowest BCUT2D eigenvalue weighted by Crippen LogP contribution is -1.92. The molecular weight excluding hydrogens is 188 g/mol. The zero-order valence-electron chi connectivity index (χ0n) is 6.96. The Balaban J connectivity index is 2.80. The van der Waals surface area contributed by atoms with Crippen LogP contribution in [-0.2, 0) is 0 Å². The van der Waals surface area contributed by atoms with Crippen molar-refractivity contribution in [1.82, 2.24) is 4.98 Å². The molecule has 4 nitrogen and oxygen atoms in total. The van der Waals surface area contributed by atoms with E-state index in [1.165, 1.54) is 0 Å². The van der Waals surface area contributed by atoms with Gasteiger partial charge in [-0.2, -0.15) is 0 Å². The Morgan fingerprint density at radius 2 is 2.31 bits per heavy atom. The van der Waals surface area contributed by atoms with Gasteiger partial charge in [0.25, 0.3) is 0 Å². The van der Waals surface area contributed by atoms with Gasteiger partial charge in [-0.05, 0) is 6.07 Å². The zero-order chi connectivity index (χ0) is 9.42. The van der Waals surface area contributed by atoms with Crippen molar-refractivity contribution in [2.45, 2.75) is 0 Å². The van der Waals surface area contributed by atoms with Gasteiger partial charge in [-0.3, -0.25) is 4.79 Å². The van der Waals surface area contributed by atoms with Crippen molar-refractivity contribution in [2.24, 2.45) is 0 Å². The van der Waals surface area contributed by atoms with Crippen molar-refractivity contribution in [1.29, 1.82) is 0 Å². The smallest absolute Gasteiger partial charge is 0.305 e. The van der Waals surface area contributed by atoms with Crippen molar-refractivity contribution in [3.8, 4) is 5.75 Å². The van der Waals surface area contributed by atoms with Crippen molar-refractivity contribution in [2.75, 3.05) is 12.8 Å². The molecule has 13 heavy (non-hydrogen) atoms. The predicted octanol–water partition coefficient (Wildman–Crippen LogP) is 1.18. The maximum absolute atomic E-state index is 11.0. The lowest BCUT2D eigenvalue weighted by atomic mass is 10.3. The number of fused-ring (bicyclic) bond motifs is 1. The number of methoxy groups -OCH3 is 1. The van der Waals surface area contributed by atoms with Crippen LogP contribution in [0.5, 0.6) is 5.75 Å². The highest BCUT2D eigenvalue weighted by Crippen LogP contribution is 2.27. The third-order valence-electron chi connectivity index (χ3n) is 1.77. The van der Waals surface area contributed by atoms with Crippen LogP contribution in [0.15, 0.2) is 16.9 Å². The first kappa shape index (κ1) is 8.12. The number of nitrogens with one attached hydrogen (secondary N) is 1. The van der Waals surface area contributed by atoms with Gasteiger partial charge in [-0.15, -0.1) is 0 Å². The lowest BCUT2D eigenvalue weighted by Gasteiger charge is -2.02. The quantitative estimate of drug-likeness (QED) is 0.673. The van der Waals surface area contributed by atoms with Crippen LogP contribution in [-0.4, -0.2) is 12.1 Å². The van der Waals surface area contributed by atoms with Crippen molar-refractivity contribution in [3.63, 3.8) is 0 Å². The van der Waals surface area contributed by atoms with Crippen LogP contribution in [0.25, 0.3) is 10.2 Å². The van der Waals surface area contributed by atoms with Crippen LogP contribution in [0, 0.1) is 0 Å². The van der Waals surface area contributed by atoms with Gasteiger partial charge in [0.1, 0.15) is 5.75 Å². The first-order chi connectivity index (χ1) is 6.20. The second-order valence-electron chi connectivity index (χ2n) is 2.60. The van der Waals surface area contributed by atoms with Crippen molar-refractivity contribution >= 4 is 27.2 Å². The number of hydrogen-bond donors (Lipinski definition) is 2. The van der Waals surface area contributed by atoms with Gasteiger partial charge in [-0.1, -0.05) is 11.3 Å². The third kappa shape index (κ3) is 1.27. The average molecular weight is 196 g/mol. The number of aromatic amines is 1. The number of anilines is 1. The highest BCUT2D eigenvalue weighted by Gasteiger charge is 2.04. The maximum Gasteiger partial charge on any atom is 0.305 e. The molecule has 0 unspecified atom stereocenters. The van der Waals surface area contributed by atoms with Crippen LogP contribution in [0.3, 0.4) is 0 Å². The van der Waals surface area contributed by atoms with Crippen LogP contribution in [0.4, 0.5) is 5.69 Å². The van der Waals surface area contributed by atoms with Crippen LogP contribution in [0.2, 0.25) is 0 Å². The molecule has 1 aromatic carbocycles. The molecule has 0 amide bonds. The molecule has 2 rings (SSSR count). The second-order valence-corrected chi connectivity index (χ2v) is 3.62. The van der Waals surface area contributed by atoms with E-state index in [0.29, 0.717) is 11.4 Å². The number of nitrogen functional groups attached to an aromatic ring is 1. The molecule has 0 aliphatic heterocycles. The fourth-order valence-electron chi connectivity index (χ4n) is 1.17. The molecule has 0 aliphatic rings. The fourth-order valence-corrected chi connectivity index (χ4v) is 1.94. The number of aromatic nitrogens is 1. The molecule has 0 aliphatic carbocycles. The first-order valence-corrected chi connectivity index (χ1v) is 4.48. The molecule has 2 aromatic rings. The number of hydrogen-bond acceptors (Lipinski definition) is 4. The maximum atomic E-state index is 11.0. The first-order valence-electron chi connectivity index (χ1n) is 3.67. The van der Waals surface area contributed by atoms with Crippen molar-refractivity contribution in [3.05, 3.63) is 21.8 Å². The molecule has 0 saturated carbocycles. The van der Waals surface area contributed by atoms with E-state index < -0.39 is 0 Å². The topological polar surface area (TPSA) is 68.1 Å². The van der Waals surface area contributed by atoms with E-state index >= 15 is 0 Å². The van der Waals surface area contributed by atoms with Crippen LogP contribution >= 0.6 is 11.3 Å². The minimum absolute atomic E-state index is 0.0809. The van der Waals surface area contributed by atoms with Gasteiger partial charge in [0.05, 0.1) is 23.0 Å². The van der Waals surface area contributed by atoms with E-state index in [1.807, 2.05) is 0 Å². The predicted molar refractivity (Wildman–Crippen MR) is 53.4 cm³/mol. The van der Waals surface area contributed by atoms with Gasteiger partial charge >= 0.3 is 4.87 Å². The third-order valence-corrected chi connectivity index (χ3v) is 2.62. The number of ether oxygens (including phenoxy) is 1. The molecular formula is C8H8N2O2S. The summed E-state index contributed by atoms with van der Waals surface area (Å²) >= 11 is 1.14. The summed E-state index contributed by atoms with van der Waals surface area (Å²) in [7, 11) is 1.54. The number of nitrogens with two attached hydrogens (primary N) is 1. The summed E-state index contributed by atoms with van der Waals surface area (Å²) in [6, 6.07) is 3.46. The van der Waals surface area contributed by atoms with E-state index in [4.69, 9.17) is 10.5 Å². The number of rotatable bonds is 1. The highest BCUT2D eigenvalue weighted by atomic mass is 32.1. The summed E-state index contributed by atoms with van der Waals surface area (Å²) < 4.78 is 5.87. The van der Waals surface area contributed by atoms with Gasteiger partial charge in [0.15, 0.2) is 0 Å². The Morgan fingerprint density at radius 3 is 3.00 bits per heavy atom. The summed E-state index contributed by atoms with van der Waals surface area (Å²) in [5.74, 6) is 0.585. The summed E-state index contributed by atoms with van der Waals surface area (Å²) in [5, 5.41) is 0. The molecule has 1 aromatic heterocycles. The molecule has 1 heterocycles. The largest absolute Gasteiger partial charge is 0.495 e. The van der Waals surface area contributed by atoms with Gasteiger partial charge in [0.2, 0.25) is 0 Å². The number of H-pyrrole nitrogens is 1. The molecule has 0 bridgehead atoms. The Labute approximate surface area is 78.0 Å². The zero-order valence-corrected chi connectivity index (χ0v) is 7.77. The van der Waals surface area contributed by atoms with Crippen LogP contribution < -0.4 is 15.3 Å². The van der Waals surface area contributed by atoms with E-state index in [-0.39, 0.29) is 4.87 Å². The van der Waals surface area contributed by atoms with E-state index in [0.717, 1.165) is 21.6 Å². The van der Waals surface area contributed by atoms with E-state index in [1.54, 1.807) is 19.2 Å². The Bertz CT molecular complexity index is 500. The lowest BCUT2D eigenvalue weighted by molar-refractivity contribution is 0.417. The molecule has 0 atom stereocenters. The molecule has 3 N–H and O–H groups in total. The fraction of sp³-hybridized carbons (Fsp3) is 0.125. The standard InChI is InChI=1S/C8H8N2O2S/c1-12-6-3-5-7(2-4(6)9)13-8(11)10-5/h2-3H,9H2,1H3,(H,10,11). The second kappa shape index (κ2) is 2.77. The molecule has 0 radical (unpaired) electrons. The summed E-state index contributed by atoms with van der Waals surface area (Å²) in [4.78, 5) is 13.6. The average Bonchev–Trinajstić information content (AvgIpc) is 2.42. The van der Waals surface area contributed by atoms with Crippen LogP contribution in [0.1, 0.15) is 0 Å². The molecule has 0 saturated heterocycles. The number of thiazole rings is 1. The Morgan fingerprint density at radius 1 is 1.54 bits per heavy atom. The van der Waals surface area contributed by atoms with Crippen molar-refractivity contribution < 1.29 is 4.74 Å². The Kier molecular flexibility index (Phi) is 1.73. The summed E-state index contributed by atoms with van der Waals surface area (Å²) in [5.41, 5.74) is 6.98. The summed E-state index contributed by atoms with van der Waals surface area (Å²) in [6.45, 7) is 0. The normalized spacial score (nSPS) is 10.5. The van der Waals surface area contributed by atoms with E-state index in [9.17, 15) is 4.79 Å². The molecule has 0 fully saturated rings. The van der Waals surface area contributed by atoms with Gasteiger partial charge in [-0.25, -0.2) is 0 Å². The van der Waals surface area contributed by atoms with Gasteiger partial charge < -0.3 is 15.5 Å². The monoisotopic (exact) mass is 196 g/mol. The minimum Gasteiger partial charge on any atom is -0.495 e. The molecule has 0 spiro atoms. The number of benzene rings is 1. The van der Waals surface area contributed by atoms with Gasteiger partial charge in [0, 0.05) is 6.07 Å². The Hall–Kier alpha value is -1.49.